The molecule has 2 heterocycles. The monoisotopic (exact) mass is 389 g/mol. The van der Waals surface area contributed by atoms with E-state index < -0.39 is 0 Å². The van der Waals surface area contributed by atoms with E-state index in [-0.39, 0.29) is 12.5 Å². The third kappa shape index (κ3) is 3.64. The molecular formula is C22H21N4OS+. The van der Waals surface area contributed by atoms with Crippen LogP contribution in [0.4, 0.5) is 17.2 Å². The van der Waals surface area contributed by atoms with Crippen molar-refractivity contribution in [3.8, 4) is 0 Å². The number of para-hydroxylation sites is 2. The fourth-order valence-electron chi connectivity index (χ4n) is 3.08. The maximum absolute atomic E-state index is 13.4. The van der Waals surface area contributed by atoms with Crippen LogP contribution in [0.15, 0.2) is 87.7 Å². The van der Waals surface area contributed by atoms with E-state index in [0.29, 0.717) is 0 Å². The quantitative estimate of drug-likeness (QED) is 0.384. The summed E-state index contributed by atoms with van der Waals surface area (Å²) in [5, 5.41) is 0. The summed E-state index contributed by atoms with van der Waals surface area (Å²) in [5.41, 5.74) is 1.84. The molecule has 140 valence electrons. The van der Waals surface area contributed by atoms with Crippen molar-refractivity contribution in [3.63, 3.8) is 0 Å². The van der Waals surface area contributed by atoms with Gasteiger partial charge in [-0.2, -0.15) is 0 Å². The smallest absolute Gasteiger partial charge is 0.325 e. The summed E-state index contributed by atoms with van der Waals surface area (Å²) in [6, 6.07) is 21.8. The molecule has 0 radical (unpaired) electrons. The molecule has 2 aromatic carbocycles. The Labute approximate surface area is 168 Å². The zero-order chi connectivity index (χ0) is 19.5. The van der Waals surface area contributed by atoms with Crippen molar-refractivity contribution in [3.05, 3.63) is 72.9 Å². The molecule has 0 saturated heterocycles. The summed E-state index contributed by atoms with van der Waals surface area (Å²) in [6.45, 7) is 0.203. The molecule has 6 heteroatoms. The van der Waals surface area contributed by atoms with E-state index in [9.17, 15) is 4.79 Å². The molecule has 28 heavy (non-hydrogen) atoms. The van der Waals surface area contributed by atoms with Crippen molar-refractivity contribution < 1.29 is 9.36 Å². The largest absolute Gasteiger partial charge is 0.348 e. The molecule has 0 saturated carbocycles. The van der Waals surface area contributed by atoms with Crippen LogP contribution in [-0.2, 0) is 11.3 Å². The number of amides is 1. The molecule has 4 rings (SSSR count). The van der Waals surface area contributed by atoms with Crippen molar-refractivity contribution in [2.45, 2.75) is 16.3 Å². The number of aliphatic imine (C=N–C) groups is 1. The molecule has 1 aliphatic heterocycles. The second-order valence-electron chi connectivity index (χ2n) is 6.66. The van der Waals surface area contributed by atoms with Gasteiger partial charge in [-0.05, 0) is 35.3 Å². The van der Waals surface area contributed by atoms with Crippen LogP contribution in [0.5, 0.6) is 0 Å². The lowest BCUT2D eigenvalue weighted by Crippen LogP contribution is -2.44. The first-order chi connectivity index (χ1) is 13.6. The van der Waals surface area contributed by atoms with Crippen LogP contribution < -0.4 is 9.47 Å². The highest BCUT2D eigenvalue weighted by Gasteiger charge is 2.29. The number of aromatic nitrogens is 1. The maximum Gasteiger partial charge on any atom is 0.325 e. The summed E-state index contributed by atoms with van der Waals surface area (Å²) in [6.07, 6.45) is 3.62. The first-order valence-corrected chi connectivity index (χ1v) is 9.83. The van der Waals surface area contributed by atoms with Gasteiger partial charge < -0.3 is 4.90 Å². The predicted octanol–water partition coefficient (Wildman–Crippen LogP) is 4.03. The van der Waals surface area contributed by atoms with Crippen LogP contribution in [0.25, 0.3) is 0 Å². The van der Waals surface area contributed by atoms with E-state index in [1.54, 1.807) is 18.1 Å². The standard InChI is InChI=1S/C22H21N4OS/c1-24(2)16-23-21-13-7-8-14-25(21)15-22(27)26-17-9-3-5-11-19(17)28-20-12-6-4-10-18(20)26/h3-14,16H,15H2,1-2H3/q+1. The Kier molecular flexibility index (Phi) is 5.12. The SMILES string of the molecule is CN(C)/C=N/c1cccc[n+]1CC(=O)N1c2ccccc2Sc2ccccc21. The number of fused-ring (bicyclic) bond motifs is 2. The minimum Gasteiger partial charge on any atom is -0.348 e. The summed E-state index contributed by atoms with van der Waals surface area (Å²) in [5.74, 6) is 0.732. The van der Waals surface area contributed by atoms with Crippen molar-refractivity contribution in [1.82, 2.24) is 4.90 Å². The lowest BCUT2D eigenvalue weighted by Gasteiger charge is -2.30. The highest BCUT2D eigenvalue weighted by atomic mass is 32.2. The fraction of sp³-hybridized carbons (Fsp3) is 0.136. The van der Waals surface area contributed by atoms with Crippen LogP contribution in [0.3, 0.4) is 0 Å². The second kappa shape index (κ2) is 7.86. The number of hydrogen-bond donors (Lipinski definition) is 0. The molecular weight excluding hydrogens is 368 g/mol. The molecule has 1 aromatic heterocycles. The third-order valence-electron chi connectivity index (χ3n) is 4.32. The molecule has 5 nitrogen and oxygen atoms in total. The molecule has 0 bridgehead atoms. The van der Waals surface area contributed by atoms with E-state index in [1.165, 1.54) is 0 Å². The van der Waals surface area contributed by atoms with Gasteiger partial charge in [-0.15, -0.1) is 0 Å². The Balaban J connectivity index is 1.70. The van der Waals surface area contributed by atoms with Crippen LogP contribution in [0.1, 0.15) is 0 Å². The average molecular weight is 390 g/mol. The van der Waals surface area contributed by atoms with E-state index in [0.717, 1.165) is 27.0 Å². The first-order valence-electron chi connectivity index (χ1n) is 9.01. The van der Waals surface area contributed by atoms with Gasteiger partial charge in [0, 0.05) is 30.0 Å². The number of carbonyl (C=O) groups is 1. The van der Waals surface area contributed by atoms with Gasteiger partial charge in [0.05, 0.1) is 17.6 Å². The fourth-order valence-corrected chi connectivity index (χ4v) is 4.14. The number of rotatable bonds is 4. The number of benzene rings is 2. The Morgan fingerprint density at radius 1 is 1.00 bits per heavy atom. The summed E-state index contributed by atoms with van der Waals surface area (Å²) in [7, 11) is 3.84. The molecule has 1 aliphatic rings. The molecule has 0 atom stereocenters. The Morgan fingerprint density at radius 2 is 1.61 bits per heavy atom. The van der Waals surface area contributed by atoms with Crippen molar-refractivity contribution >= 4 is 41.2 Å². The normalized spacial score (nSPS) is 12.6. The lowest BCUT2D eigenvalue weighted by atomic mass is 10.2. The zero-order valence-electron chi connectivity index (χ0n) is 15.8. The summed E-state index contributed by atoms with van der Waals surface area (Å²) < 4.78 is 1.87. The Hall–Kier alpha value is -3.12. The van der Waals surface area contributed by atoms with Crippen molar-refractivity contribution in [1.29, 1.82) is 0 Å². The molecule has 0 spiro atoms. The van der Waals surface area contributed by atoms with Gasteiger partial charge in [-0.3, -0.25) is 9.69 Å². The Bertz CT molecular complexity index is 1000. The lowest BCUT2D eigenvalue weighted by molar-refractivity contribution is -0.671. The van der Waals surface area contributed by atoms with E-state index in [1.807, 2.05) is 89.3 Å². The second-order valence-corrected chi connectivity index (χ2v) is 7.75. The average Bonchev–Trinajstić information content (AvgIpc) is 2.71. The minimum absolute atomic E-state index is 0.00213. The Morgan fingerprint density at radius 3 is 2.25 bits per heavy atom. The topological polar surface area (TPSA) is 39.8 Å². The number of pyridine rings is 1. The van der Waals surface area contributed by atoms with Crippen molar-refractivity contribution in [2.24, 2.45) is 4.99 Å². The van der Waals surface area contributed by atoms with Crippen LogP contribution in [0.2, 0.25) is 0 Å². The first kappa shape index (κ1) is 18.3. The highest BCUT2D eigenvalue weighted by molar-refractivity contribution is 7.99. The molecule has 1 amide bonds. The minimum atomic E-state index is -0.00213. The highest BCUT2D eigenvalue weighted by Crippen LogP contribution is 2.47. The predicted molar refractivity (Wildman–Crippen MR) is 113 cm³/mol. The number of nitrogens with zero attached hydrogens (tertiary/aromatic N) is 4. The summed E-state index contributed by atoms with van der Waals surface area (Å²) >= 11 is 1.69. The van der Waals surface area contributed by atoms with E-state index in [4.69, 9.17) is 0 Å². The number of carbonyl (C=O) groups excluding carboxylic acids is 1. The third-order valence-corrected chi connectivity index (χ3v) is 5.46. The van der Waals surface area contributed by atoms with Crippen LogP contribution in [0, 0.1) is 0 Å². The molecule has 0 fully saturated rings. The molecule has 0 unspecified atom stereocenters. The molecule has 3 aromatic rings. The number of hydrogen-bond acceptors (Lipinski definition) is 3. The zero-order valence-corrected chi connectivity index (χ0v) is 16.6. The van der Waals surface area contributed by atoms with Gasteiger partial charge in [0.2, 0.25) is 6.34 Å². The molecule has 0 aliphatic carbocycles. The molecule has 0 N–H and O–H groups in total. The van der Waals surface area contributed by atoms with Crippen molar-refractivity contribution in [2.75, 3.05) is 19.0 Å². The van der Waals surface area contributed by atoms with Gasteiger partial charge in [0.1, 0.15) is 0 Å². The van der Waals surface area contributed by atoms with Crippen LogP contribution >= 0.6 is 11.8 Å². The van der Waals surface area contributed by atoms with Gasteiger partial charge in [0.15, 0.2) is 6.54 Å². The van der Waals surface area contributed by atoms with Gasteiger partial charge >= 0.3 is 5.82 Å². The number of anilines is 2. The van der Waals surface area contributed by atoms with E-state index in [2.05, 4.69) is 17.1 Å². The van der Waals surface area contributed by atoms with Gasteiger partial charge in [-0.25, -0.2) is 4.57 Å². The summed E-state index contributed by atoms with van der Waals surface area (Å²) in [4.78, 5) is 23.8. The van der Waals surface area contributed by atoms with Gasteiger partial charge in [0.25, 0.3) is 5.91 Å². The van der Waals surface area contributed by atoms with E-state index >= 15 is 0 Å². The maximum atomic E-state index is 13.4. The van der Waals surface area contributed by atoms with Gasteiger partial charge in [-0.1, -0.05) is 42.1 Å². The van der Waals surface area contributed by atoms with Crippen LogP contribution in [-0.4, -0.2) is 31.2 Å².